The van der Waals surface area contributed by atoms with Crippen LogP contribution < -0.4 is 10.6 Å². The average Bonchev–Trinajstić information content (AvgIpc) is 2.35. The summed E-state index contributed by atoms with van der Waals surface area (Å²) >= 11 is 0. The zero-order valence-corrected chi connectivity index (χ0v) is 11.7. The summed E-state index contributed by atoms with van der Waals surface area (Å²) in [6.07, 6.45) is 0.962. The highest BCUT2D eigenvalue weighted by molar-refractivity contribution is 5.81. The van der Waals surface area contributed by atoms with Crippen molar-refractivity contribution in [2.24, 2.45) is 0 Å². The maximum absolute atomic E-state index is 11.9. The number of nitrogens with one attached hydrogen (secondary N) is 2. The predicted octanol–water partition coefficient (Wildman–Crippen LogP) is 2.64. The minimum absolute atomic E-state index is 0.0550. The molecule has 1 aromatic rings. The number of rotatable bonds is 6. The molecule has 18 heavy (non-hydrogen) atoms. The van der Waals surface area contributed by atoms with E-state index in [-0.39, 0.29) is 24.0 Å². The van der Waals surface area contributed by atoms with Gasteiger partial charge in [-0.2, -0.15) is 0 Å². The fourth-order valence-corrected chi connectivity index (χ4v) is 1.92. The van der Waals surface area contributed by atoms with Crippen molar-refractivity contribution in [2.45, 2.75) is 52.2 Å². The summed E-state index contributed by atoms with van der Waals surface area (Å²) in [4.78, 5) is 11.9. The lowest BCUT2D eigenvalue weighted by molar-refractivity contribution is -0.123. The molecule has 0 heterocycles. The molecule has 0 saturated carbocycles. The van der Waals surface area contributed by atoms with Crippen LogP contribution in [0.15, 0.2) is 30.3 Å². The first-order valence-corrected chi connectivity index (χ1v) is 6.66. The number of benzene rings is 1. The summed E-state index contributed by atoms with van der Waals surface area (Å²) in [6, 6.07) is 10.5. The summed E-state index contributed by atoms with van der Waals surface area (Å²) < 4.78 is 0. The Bertz CT molecular complexity index is 362. The largest absolute Gasteiger partial charge is 0.353 e. The SMILES string of the molecule is CCC(NC(C)C(=O)NC(C)C)c1ccccc1. The Morgan fingerprint density at radius 1 is 1.17 bits per heavy atom. The van der Waals surface area contributed by atoms with Gasteiger partial charge < -0.3 is 5.32 Å². The van der Waals surface area contributed by atoms with Crippen molar-refractivity contribution in [1.82, 2.24) is 10.6 Å². The van der Waals surface area contributed by atoms with Gasteiger partial charge in [-0.1, -0.05) is 37.3 Å². The highest BCUT2D eigenvalue weighted by Gasteiger charge is 2.18. The minimum Gasteiger partial charge on any atom is -0.353 e. The molecule has 0 saturated heterocycles. The molecule has 0 aliphatic rings. The van der Waals surface area contributed by atoms with Crippen molar-refractivity contribution in [1.29, 1.82) is 0 Å². The number of amides is 1. The first-order chi connectivity index (χ1) is 8.54. The molecule has 3 nitrogen and oxygen atoms in total. The van der Waals surface area contributed by atoms with Crippen LogP contribution in [-0.2, 0) is 4.79 Å². The van der Waals surface area contributed by atoms with E-state index in [4.69, 9.17) is 0 Å². The number of hydrogen-bond donors (Lipinski definition) is 2. The summed E-state index contributed by atoms with van der Waals surface area (Å²) in [7, 11) is 0. The summed E-state index contributed by atoms with van der Waals surface area (Å²) in [5.74, 6) is 0.0550. The highest BCUT2D eigenvalue weighted by Crippen LogP contribution is 2.16. The maximum Gasteiger partial charge on any atom is 0.237 e. The molecule has 0 spiro atoms. The highest BCUT2D eigenvalue weighted by atomic mass is 16.2. The van der Waals surface area contributed by atoms with E-state index in [1.807, 2.05) is 39.0 Å². The Hall–Kier alpha value is -1.35. The maximum atomic E-state index is 11.9. The van der Waals surface area contributed by atoms with Gasteiger partial charge in [0, 0.05) is 12.1 Å². The van der Waals surface area contributed by atoms with Crippen LogP contribution in [0.5, 0.6) is 0 Å². The Balaban J connectivity index is 2.61. The molecule has 1 amide bonds. The van der Waals surface area contributed by atoms with Crippen molar-refractivity contribution in [3.63, 3.8) is 0 Å². The quantitative estimate of drug-likeness (QED) is 0.812. The lowest BCUT2D eigenvalue weighted by atomic mass is 10.0. The van der Waals surface area contributed by atoms with E-state index >= 15 is 0 Å². The summed E-state index contributed by atoms with van der Waals surface area (Å²) in [5, 5.41) is 6.30. The Morgan fingerprint density at radius 3 is 2.28 bits per heavy atom. The van der Waals surface area contributed by atoms with Gasteiger partial charge in [-0.3, -0.25) is 10.1 Å². The van der Waals surface area contributed by atoms with Crippen LogP contribution in [0.1, 0.15) is 45.7 Å². The molecule has 0 aliphatic heterocycles. The summed E-state index contributed by atoms with van der Waals surface area (Å²) in [5.41, 5.74) is 1.23. The van der Waals surface area contributed by atoms with E-state index in [1.54, 1.807) is 0 Å². The van der Waals surface area contributed by atoms with Gasteiger partial charge in [0.1, 0.15) is 0 Å². The number of carbonyl (C=O) groups is 1. The molecule has 0 radical (unpaired) electrons. The van der Waals surface area contributed by atoms with Gasteiger partial charge in [-0.15, -0.1) is 0 Å². The summed E-state index contributed by atoms with van der Waals surface area (Å²) in [6.45, 7) is 7.97. The van der Waals surface area contributed by atoms with Crippen molar-refractivity contribution >= 4 is 5.91 Å². The molecule has 2 N–H and O–H groups in total. The van der Waals surface area contributed by atoms with Crippen LogP contribution >= 0.6 is 0 Å². The topological polar surface area (TPSA) is 41.1 Å². The normalized spacial score (nSPS) is 14.3. The minimum atomic E-state index is -0.183. The Labute approximate surface area is 110 Å². The van der Waals surface area contributed by atoms with Gasteiger partial charge in [0.2, 0.25) is 5.91 Å². The first kappa shape index (κ1) is 14.7. The molecular weight excluding hydrogens is 224 g/mol. The van der Waals surface area contributed by atoms with E-state index in [0.29, 0.717) is 0 Å². The monoisotopic (exact) mass is 248 g/mol. The lowest BCUT2D eigenvalue weighted by Gasteiger charge is -2.23. The van der Waals surface area contributed by atoms with Gasteiger partial charge >= 0.3 is 0 Å². The smallest absolute Gasteiger partial charge is 0.237 e. The number of carbonyl (C=O) groups excluding carboxylic acids is 1. The van der Waals surface area contributed by atoms with Crippen LogP contribution in [0.4, 0.5) is 0 Å². The molecule has 0 fully saturated rings. The molecule has 2 atom stereocenters. The van der Waals surface area contributed by atoms with Crippen LogP contribution in [0.25, 0.3) is 0 Å². The Morgan fingerprint density at radius 2 is 1.78 bits per heavy atom. The number of hydrogen-bond acceptors (Lipinski definition) is 2. The third kappa shape index (κ3) is 4.49. The van der Waals surface area contributed by atoms with Gasteiger partial charge in [0.05, 0.1) is 6.04 Å². The molecule has 1 aromatic carbocycles. The average molecular weight is 248 g/mol. The molecule has 100 valence electrons. The molecule has 3 heteroatoms. The molecular formula is C15H24N2O. The third-order valence-electron chi connectivity index (χ3n) is 2.89. The predicted molar refractivity (Wildman–Crippen MR) is 75.4 cm³/mol. The standard InChI is InChI=1S/C15H24N2O/c1-5-14(13-9-7-6-8-10-13)17-12(4)15(18)16-11(2)3/h6-12,14,17H,5H2,1-4H3,(H,16,18). The van der Waals surface area contributed by atoms with E-state index in [2.05, 4.69) is 29.7 Å². The van der Waals surface area contributed by atoms with E-state index in [1.165, 1.54) is 5.56 Å². The van der Waals surface area contributed by atoms with Crippen molar-refractivity contribution in [3.05, 3.63) is 35.9 Å². The molecule has 2 unspecified atom stereocenters. The van der Waals surface area contributed by atoms with Gasteiger partial charge in [-0.05, 0) is 32.8 Å². The molecule has 0 aliphatic carbocycles. The molecule has 0 aromatic heterocycles. The fraction of sp³-hybridized carbons (Fsp3) is 0.533. The van der Waals surface area contributed by atoms with Crippen LogP contribution in [0, 0.1) is 0 Å². The van der Waals surface area contributed by atoms with Crippen LogP contribution in [0.3, 0.4) is 0 Å². The zero-order valence-electron chi connectivity index (χ0n) is 11.7. The van der Waals surface area contributed by atoms with Gasteiger partial charge in [-0.25, -0.2) is 0 Å². The Kier molecular flexibility index (Phi) is 5.86. The molecule has 0 bridgehead atoms. The van der Waals surface area contributed by atoms with Crippen LogP contribution in [0.2, 0.25) is 0 Å². The van der Waals surface area contributed by atoms with Gasteiger partial charge in [0.25, 0.3) is 0 Å². The van der Waals surface area contributed by atoms with Crippen LogP contribution in [-0.4, -0.2) is 18.0 Å². The zero-order chi connectivity index (χ0) is 13.5. The van der Waals surface area contributed by atoms with E-state index in [9.17, 15) is 4.79 Å². The first-order valence-electron chi connectivity index (χ1n) is 6.66. The second kappa shape index (κ2) is 7.17. The second-order valence-corrected chi connectivity index (χ2v) is 4.92. The fourth-order valence-electron chi connectivity index (χ4n) is 1.92. The van der Waals surface area contributed by atoms with E-state index in [0.717, 1.165) is 6.42 Å². The van der Waals surface area contributed by atoms with Crippen molar-refractivity contribution in [2.75, 3.05) is 0 Å². The second-order valence-electron chi connectivity index (χ2n) is 4.92. The lowest BCUT2D eigenvalue weighted by Crippen LogP contribution is -2.45. The van der Waals surface area contributed by atoms with Gasteiger partial charge in [0.15, 0.2) is 0 Å². The third-order valence-corrected chi connectivity index (χ3v) is 2.89. The van der Waals surface area contributed by atoms with Crippen molar-refractivity contribution in [3.8, 4) is 0 Å². The van der Waals surface area contributed by atoms with Crippen molar-refractivity contribution < 1.29 is 4.79 Å². The molecule has 1 rings (SSSR count). The van der Waals surface area contributed by atoms with E-state index < -0.39 is 0 Å².